The summed E-state index contributed by atoms with van der Waals surface area (Å²) in [5, 5.41) is 4.05. The van der Waals surface area contributed by atoms with Crippen LogP contribution in [0.4, 0.5) is 0 Å². The fourth-order valence-electron chi connectivity index (χ4n) is 4.69. The Balaban J connectivity index is 1.46. The molecule has 32 heavy (non-hydrogen) atoms. The molecule has 0 saturated carbocycles. The molecule has 0 spiro atoms. The quantitative estimate of drug-likeness (QED) is 0.684. The van der Waals surface area contributed by atoms with E-state index in [9.17, 15) is 9.59 Å². The van der Waals surface area contributed by atoms with Crippen molar-refractivity contribution in [1.29, 1.82) is 0 Å². The standard InChI is InChI=1S/C24H31N3O5/c1-17-22(16-31-21-8-4-3-5-9-21)23(25-32-17)24(29)26-12-6-7-20(15-26)27(18(2)28)19-10-13-30-14-11-19/h3-5,8-9,19-20H,6-7,10-16H2,1-2H3. The molecule has 1 aromatic carbocycles. The molecule has 1 aromatic heterocycles. The second kappa shape index (κ2) is 10.2. The molecular formula is C24H31N3O5. The van der Waals surface area contributed by atoms with E-state index in [4.69, 9.17) is 14.0 Å². The molecular weight excluding hydrogens is 410 g/mol. The smallest absolute Gasteiger partial charge is 0.276 e. The number of hydrogen-bond acceptors (Lipinski definition) is 6. The summed E-state index contributed by atoms with van der Waals surface area (Å²) in [6.45, 7) is 6.10. The first-order valence-electron chi connectivity index (χ1n) is 11.3. The first-order chi connectivity index (χ1) is 15.5. The highest BCUT2D eigenvalue weighted by atomic mass is 16.5. The molecule has 2 saturated heterocycles. The average molecular weight is 442 g/mol. The molecule has 2 fully saturated rings. The number of para-hydroxylation sites is 1. The van der Waals surface area contributed by atoms with Gasteiger partial charge in [0.15, 0.2) is 5.69 Å². The number of aromatic nitrogens is 1. The number of carbonyl (C=O) groups excluding carboxylic acids is 2. The van der Waals surface area contributed by atoms with E-state index < -0.39 is 0 Å². The van der Waals surface area contributed by atoms with Gasteiger partial charge in [-0.1, -0.05) is 23.4 Å². The van der Waals surface area contributed by atoms with Gasteiger partial charge >= 0.3 is 0 Å². The third-order valence-corrected chi connectivity index (χ3v) is 6.34. The van der Waals surface area contributed by atoms with Gasteiger partial charge in [0.2, 0.25) is 5.91 Å². The van der Waals surface area contributed by atoms with Gasteiger partial charge in [-0.3, -0.25) is 9.59 Å². The van der Waals surface area contributed by atoms with Crippen LogP contribution in [-0.2, 0) is 16.1 Å². The monoisotopic (exact) mass is 441 g/mol. The molecule has 2 aromatic rings. The highest BCUT2D eigenvalue weighted by molar-refractivity contribution is 5.94. The molecule has 1 atom stereocenters. The van der Waals surface area contributed by atoms with Crippen LogP contribution in [0.15, 0.2) is 34.9 Å². The van der Waals surface area contributed by atoms with Crippen molar-refractivity contribution in [1.82, 2.24) is 15.0 Å². The molecule has 2 aliphatic heterocycles. The second-order valence-electron chi connectivity index (χ2n) is 8.48. The third-order valence-electron chi connectivity index (χ3n) is 6.34. The number of hydrogen-bond donors (Lipinski definition) is 0. The van der Waals surface area contributed by atoms with Gasteiger partial charge in [0.25, 0.3) is 5.91 Å². The van der Waals surface area contributed by atoms with Gasteiger partial charge in [-0.05, 0) is 44.7 Å². The number of piperidine rings is 1. The second-order valence-corrected chi connectivity index (χ2v) is 8.48. The number of benzene rings is 1. The minimum atomic E-state index is -0.173. The Morgan fingerprint density at radius 2 is 1.91 bits per heavy atom. The van der Waals surface area contributed by atoms with Crippen molar-refractivity contribution in [2.75, 3.05) is 26.3 Å². The molecule has 172 valence electrons. The molecule has 4 rings (SSSR count). The van der Waals surface area contributed by atoms with Crippen LogP contribution in [0.2, 0.25) is 0 Å². The zero-order chi connectivity index (χ0) is 22.5. The molecule has 2 amide bonds. The van der Waals surface area contributed by atoms with E-state index in [2.05, 4.69) is 5.16 Å². The summed E-state index contributed by atoms with van der Waals surface area (Å²) in [7, 11) is 0. The van der Waals surface area contributed by atoms with E-state index in [0.29, 0.717) is 43.3 Å². The van der Waals surface area contributed by atoms with Crippen LogP contribution in [0.3, 0.4) is 0 Å². The van der Waals surface area contributed by atoms with Gasteiger partial charge < -0.3 is 23.8 Å². The van der Waals surface area contributed by atoms with Crippen molar-refractivity contribution >= 4 is 11.8 Å². The summed E-state index contributed by atoms with van der Waals surface area (Å²) in [5.41, 5.74) is 0.952. The number of carbonyl (C=O) groups is 2. The van der Waals surface area contributed by atoms with Crippen molar-refractivity contribution in [2.45, 2.75) is 58.2 Å². The minimum absolute atomic E-state index is 0.00492. The highest BCUT2D eigenvalue weighted by Gasteiger charge is 2.35. The maximum atomic E-state index is 13.4. The van der Waals surface area contributed by atoms with Gasteiger partial charge in [0.05, 0.1) is 5.56 Å². The molecule has 0 bridgehead atoms. The predicted molar refractivity (Wildman–Crippen MR) is 117 cm³/mol. The first-order valence-corrected chi connectivity index (χ1v) is 11.3. The van der Waals surface area contributed by atoms with Crippen molar-refractivity contribution in [3.05, 3.63) is 47.3 Å². The molecule has 0 radical (unpaired) electrons. The van der Waals surface area contributed by atoms with Crippen LogP contribution in [0.25, 0.3) is 0 Å². The number of rotatable bonds is 6. The summed E-state index contributed by atoms with van der Waals surface area (Å²) in [5.74, 6) is 1.18. The maximum Gasteiger partial charge on any atom is 0.276 e. The van der Waals surface area contributed by atoms with Crippen molar-refractivity contribution in [2.24, 2.45) is 0 Å². The van der Waals surface area contributed by atoms with Gasteiger partial charge in [0.1, 0.15) is 18.1 Å². The SMILES string of the molecule is CC(=O)N(C1CCOCC1)C1CCCN(C(=O)c2noc(C)c2COc2ccccc2)C1. The largest absolute Gasteiger partial charge is 0.489 e. The zero-order valence-corrected chi connectivity index (χ0v) is 18.8. The Morgan fingerprint density at radius 3 is 2.62 bits per heavy atom. The van der Waals surface area contributed by atoms with Crippen LogP contribution in [0, 0.1) is 6.92 Å². The Hall–Kier alpha value is -2.87. The molecule has 2 aliphatic rings. The van der Waals surface area contributed by atoms with E-state index >= 15 is 0 Å². The molecule has 3 heterocycles. The number of aryl methyl sites for hydroxylation is 1. The van der Waals surface area contributed by atoms with E-state index in [1.807, 2.05) is 35.2 Å². The summed E-state index contributed by atoms with van der Waals surface area (Å²) >= 11 is 0. The van der Waals surface area contributed by atoms with Crippen LogP contribution in [-0.4, -0.2) is 65.2 Å². The summed E-state index contributed by atoms with van der Waals surface area (Å²) < 4.78 is 16.7. The number of likely N-dealkylation sites (tertiary alicyclic amines) is 1. The topological polar surface area (TPSA) is 85.1 Å². The van der Waals surface area contributed by atoms with Gasteiger partial charge in [0, 0.05) is 45.3 Å². The summed E-state index contributed by atoms with van der Waals surface area (Å²) in [4.78, 5) is 29.7. The van der Waals surface area contributed by atoms with E-state index in [0.717, 1.165) is 31.4 Å². The fraction of sp³-hybridized carbons (Fsp3) is 0.542. The van der Waals surface area contributed by atoms with Crippen LogP contribution >= 0.6 is 0 Å². The molecule has 1 unspecified atom stereocenters. The van der Waals surface area contributed by atoms with Gasteiger partial charge in [-0.25, -0.2) is 0 Å². The van der Waals surface area contributed by atoms with E-state index in [1.165, 1.54) is 0 Å². The fourth-order valence-corrected chi connectivity index (χ4v) is 4.69. The lowest BCUT2D eigenvalue weighted by molar-refractivity contribution is -0.137. The zero-order valence-electron chi connectivity index (χ0n) is 18.8. The Bertz CT molecular complexity index is 923. The minimum Gasteiger partial charge on any atom is -0.489 e. The maximum absolute atomic E-state index is 13.4. The first kappa shape index (κ1) is 22.3. The Morgan fingerprint density at radius 1 is 1.16 bits per heavy atom. The lowest BCUT2D eigenvalue weighted by atomic mass is 9.98. The Kier molecular flexibility index (Phi) is 7.09. The average Bonchev–Trinajstić information content (AvgIpc) is 3.19. The molecule has 8 heteroatoms. The number of ether oxygens (including phenoxy) is 2. The lowest BCUT2D eigenvalue weighted by Gasteiger charge is -2.43. The Labute approximate surface area is 188 Å². The summed E-state index contributed by atoms with van der Waals surface area (Å²) in [6, 6.07) is 9.63. The van der Waals surface area contributed by atoms with E-state index in [-0.39, 0.29) is 30.5 Å². The lowest BCUT2D eigenvalue weighted by Crippen LogP contribution is -2.55. The van der Waals surface area contributed by atoms with Gasteiger partial charge in [-0.2, -0.15) is 0 Å². The number of amides is 2. The molecule has 0 N–H and O–H groups in total. The molecule has 0 aliphatic carbocycles. The third kappa shape index (κ3) is 4.96. The van der Waals surface area contributed by atoms with Gasteiger partial charge in [-0.15, -0.1) is 0 Å². The van der Waals surface area contributed by atoms with E-state index in [1.54, 1.807) is 18.7 Å². The molecule has 8 nitrogen and oxygen atoms in total. The van der Waals surface area contributed by atoms with Crippen LogP contribution < -0.4 is 4.74 Å². The van der Waals surface area contributed by atoms with Crippen molar-refractivity contribution in [3.8, 4) is 5.75 Å². The predicted octanol–water partition coefficient (Wildman–Crippen LogP) is 3.19. The highest BCUT2D eigenvalue weighted by Crippen LogP contribution is 2.26. The van der Waals surface area contributed by atoms with Crippen molar-refractivity contribution < 1.29 is 23.6 Å². The normalized spacial score (nSPS) is 19.6. The van der Waals surface area contributed by atoms with Crippen LogP contribution in [0.1, 0.15) is 54.4 Å². The number of nitrogens with zero attached hydrogens (tertiary/aromatic N) is 3. The summed E-state index contributed by atoms with van der Waals surface area (Å²) in [6.07, 6.45) is 3.42. The van der Waals surface area contributed by atoms with Crippen molar-refractivity contribution in [3.63, 3.8) is 0 Å². The van der Waals surface area contributed by atoms with Crippen LogP contribution in [0.5, 0.6) is 5.75 Å².